The number of hydrogen-bond donors (Lipinski definition) is 0. The number of allylic oxidation sites excluding steroid dienone is 1. The van der Waals surface area contributed by atoms with Crippen molar-refractivity contribution in [3.05, 3.63) is 41.0 Å². The van der Waals surface area contributed by atoms with E-state index in [0.29, 0.717) is 5.92 Å². The molecule has 1 heteroatoms. The first-order valence-electron chi connectivity index (χ1n) is 5.03. The van der Waals surface area contributed by atoms with Gasteiger partial charge in [0.1, 0.15) is 6.29 Å². The maximum absolute atomic E-state index is 10.8. The van der Waals surface area contributed by atoms with Crippen molar-refractivity contribution >= 4 is 12.4 Å². The van der Waals surface area contributed by atoms with E-state index in [1.165, 1.54) is 18.4 Å². The Labute approximate surface area is 84.5 Å². The molecule has 0 N–H and O–H groups in total. The van der Waals surface area contributed by atoms with Crippen molar-refractivity contribution < 1.29 is 4.79 Å². The quantitative estimate of drug-likeness (QED) is 0.524. The Morgan fingerprint density at radius 1 is 1.43 bits per heavy atom. The van der Waals surface area contributed by atoms with Crippen LogP contribution in [-0.2, 0) is 4.79 Å². The molecule has 0 aliphatic heterocycles. The number of carbonyl (C=O) groups is 1. The third-order valence-electron chi connectivity index (χ3n) is 2.56. The maximum Gasteiger partial charge on any atom is 0.146 e. The van der Waals surface area contributed by atoms with E-state index in [2.05, 4.69) is 19.1 Å². The van der Waals surface area contributed by atoms with E-state index in [-0.39, 0.29) is 0 Å². The average molecular weight is 186 g/mol. The molecule has 1 nitrogen and oxygen atoms in total. The largest absolute Gasteiger partial charge is 0.298 e. The topological polar surface area (TPSA) is 17.1 Å². The van der Waals surface area contributed by atoms with E-state index in [0.717, 1.165) is 17.4 Å². The van der Waals surface area contributed by atoms with E-state index < -0.39 is 0 Å². The van der Waals surface area contributed by atoms with Crippen LogP contribution >= 0.6 is 0 Å². The van der Waals surface area contributed by atoms with Crippen molar-refractivity contribution in [1.29, 1.82) is 0 Å². The standard InChI is InChI=1S/C13H14O/c1-10-3-2-4-11(7-10)8-13(9-14)12-5-6-12/h2-4,7-9,12H,5-6H2,1H3/b13-8+. The Morgan fingerprint density at radius 3 is 2.79 bits per heavy atom. The molecule has 2 rings (SSSR count). The molecule has 1 aliphatic carbocycles. The highest BCUT2D eigenvalue weighted by molar-refractivity contribution is 5.83. The number of aldehydes is 1. The fourth-order valence-electron chi connectivity index (χ4n) is 1.62. The molecule has 0 radical (unpaired) electrons. The third kappa shape index (κ3) is 2.11. The average Bonchev–Trinajstić information content (AvgIpc) is 2.97. The summed E-state index contributed by atoms with van der Waals surface area (Å²) in [5.74, 6) is 0.535. The van der Waals surface area contributed by atoms with Crippen LogP contribution in [0.3, 0.4) is 0 Å². The van der Waals surface area contributed by atoms with Gasteiger partial charge in [-0.2, -0.15) is 0 Å². The lowest BCUT2D eigenvalue weighted by Gasteiger charge is -1.98. The van der Waals surface area contributed by atoms with Crippen LogP contribution in [0.1, 0.15) is 24.0 Å². The lowest BCUT2D eigenvalue weighted by atomic mass is 10.1. The minimum atomic E-state index is 0.535. The molecule has 0 heterocycles. The summed E-state index contributed by atoms with van der Waals surface area (Å²) in [4.78, 5) is 10.8. The minimum Gasteiger partial charge on any atom is -0.298 e. The molecule has 1 aromatic carbocycles. The SMILES string of the molecule is Cc1cccc(/C=C(\C=O)C2CC2)c1. The molecular formula is C13H14O. The number of hydrogen-bond acceptors (Lipinski definition) is 1. The van der Waals surface area contributed by atoms with Gasteiger partial charge < -0.3 is 0 Å². The van der Waals surface area contributed by atoms with Crippen molar-refractivity contribution in [2.24, 2.45) is 5.92 Å². The summed E-state index contributed by atoms with van der Waals surface area (Å²) in [6.45, 7) is 2.06. The van der Waals surface area contributed by atoms with Crippen LogP contribution in [0.25, 0.3) is 6.08 Å². The molecule has 0 bridgehead atoms. The lowest BCUT2D eigenvalue weighted by molar-refractivity contribution is -0.105. The highest BCUT2D eigenvalue weighted by atomic mass is 16.1. The Kier molecular flexibility index (Phi) is 2.49. The smallest absolute Gasteiger partial charge is 0.146 e. The minimum absolute atomic E-state index is 0.535. The van der Waals surface area contributed by atoms with Crippen LogP contribution in [0.15, 0.2) is 29.8 Å². The summed E-state index contributed by atoms with van der Waals surface area (Å²) < 4.78 is 0. The Balaban J connectivity index is 2.26. The van der Waals surface area contributed by atoms with Crippen LogP contribution in [-0.4, -0.2) is 6.29 Å². The second-order valence-electron chi connectivity index (χ2n) is 3.95. The molecule has 72 valence electrons. The Hall–Kier alpha value is -1.37. The van der Waals surface area contributed by atoms with Gasteiger partial charge in [-0.25, -0.2) is 0 Å². The van der Waals surface area contributed by atoms with Gasteiger partial charge >= 0.3 is 0 Å². The fraction of sp³-hybridized carbons (Fsp3) is 0.308. The zero-order valence-electron chi connectivity index (χ0n) is 8.36. The molecule has 0 atom stereocenters. The summed E-state index contributed by atoms with van der Waals surface area (Å²) in [5.41, 5.74) is 3.33. The van der Waals surface area contributed by atoms with Gasteiger partial charge in [0.15, 0.2) is 0 Å². The number of aryl methyl sites for hydroxylation is 1. The molecule has 0 aromatic heterocycles. The monoisotopic (exact) mass is 186 g/mol. The van der Waals surface area contributed by atoms with Crippen molar-refractivity contribution in [3.63, 3.8) is 0 Å². The summed E-state index contributed by atoms with van der Waals surface area (Å²) in [6, 6.07) is 8.23. The highest BCUT2D eigenvalue weighted by Crippen LogP contribution is 2.36. The van der Waals surface area contributed by atoms with Gasteiger partial charge in [0.2, 0.25) is 0 Å². The molecule has 14 heavy (non-hydrogen) atoms. The van der Waals surface area contributed by atoms with Crippen LogP contribution in [0, 0.1) is 12.8 Å². The fourth-order valence-corrected chi connectivity index (χ4v) is 1.62. The third-order valence-corrected chi connectivity index (χ3v) is 2.56. The number of carbonyl (C=O) groups excluding carboxylic acids is 1. The van der Waals surface area contributed by atoms with Gasteiger partial charge in [-0.05, 0) is 42.9 Å². The lowest BCUT2D eigenvalue weighted by Crippen LogP contribution is -1.87. The van der Waals surface area contributed by atoms with Crippen molar-refractivity contribution in [1.82, 2.24) is 0 Å². The van der Waals surface area contributed by atoms with E-state index in [1.807, 2.05) is 18.2 Å². The van der Waals surface area contributed by atoms with E-state index in [1.54, 1.807) is 0 Å². The Bertz CT molecular complexity index is 373. The first kappa shape index (κ1) is 9.20. The van der Waals surface area contributed by atoms with E-state index >= 15 is 0 Å². The molecule has 0 spiro atoms. The molecule has 0 unspecified atom stereocenters. The van der Waals surface area contributed by atoms with Gasteiger partial charge in [-0.1, -0.05) is 29.8 Å². The van der Waals surface area contributed by atoms with E-state index in [4.69, 9.17) is 0 Å². The highest BCUT2D eigenvalue weighted by Gasteiger charge is 2.25. The molecule has 1 saturated carbocycles. The van der Waals surface area contributed by atoms with Crippen molar-refractivity contribution in [2.75, 3.05) is 0 Å². The predicted molar refractivity (Wildman–Crippen MR) is 57.9 cm³/mol. The molecule has 1 fully saturated rings. The van der Waals surface area contributed by atoms with Crippen LogP contribution in [0.2, 0.25) is 0 Å². The maximum atomic E-state index is 10.8. The van der Waals surface area contributed by atoms with Crippen molar-refractivity contribution in [2.45, 2.75) is 19.8 Å². The molecule has 1 aromatic rings. The van der Waals surface area contributed by atoms with Crippen molar-refractivity contribution in [3.8, 4) is 0 Å². The first-order valence-corrected chi connectivity index (χ1v) is 5.03. The Morgan fingerprint density at radius 2 is 2.21 bits per heavy atom. The van der Waals surface area contributed by atoms with Gasteiger partial charge in [0, 0.05) is 0 Å². The predicted octanol–water partition coefficient (Wildman–Crippen LogP) is 2.99. The van der Waals surface area contributed by atoms with E-state index in [9.17, 15) is 4.79 Å². The second kappa shape index (κ2) is 3.79. The van der Waals surface area contributed by atoms with Crippen LogP contribution < -0.4 is 0 Å². The summed E-state index contributed by atoms with van der Waals surface area (Å²) in [7, 11) is 0. The van der Waals surface area contributed by atoms with Crippen LogP contribution in [0.4, 0.5) is 0 Å². The molecule has 0 amide bonds. The van der Waals surface area contributed by atoms with Gasteiger partial charge in [0.05, 0.1) is 0 Å². The summed E-state index contributed by atoms with van der Waals surface area (Å²) in [5, 5.41) is 0. The zero-order valence-corrected chi connectivity index (χ0v) is 8.36. The second-order valence-corrected chi connectivity index (χ2v) is 3.95. The van der Waals surface area contributed by atoms with Gasteiger partial charge in [-0.3, -0.25) is 4.79 Å². The first-order chi connectivity index (χ1) is 6.79. The van der Waals surface area contributed by atoms with Crippen LogP contribution in [0.5, 0.6) is 0 Å². The number of benzene rings is 1. The molecular weight excluding hydrogens is 172 g/mol. The molecule has 1 aliphatic rings. The van der Waals surface area contributed by atoms with Gasteiger partial charge in [-0.15, -0.1) is 0 Å². The normalized spacial score (nSPS) is 16.8. The molecule has 0 saturated heterocycles. The zero-order chi connectivity index (χ0) is 9.97. The number of rotatable bonds is 3. The summed E-state index contributed by atoms with van der Waals surface area (Å²) in [6.07, 6.45) is 5.37. The van der Waals surface area contributed by atoms with Gasteiger partial charge in [0.25, 0.3) is 0 Å². The summed E-state index contributed by atoms with van der Waals surface area (Å²) >= 11 is 0.